The molecule has 0 aliphatic heterocycles. The maximum absolute atomic E-state index is 14.8. The maximum atomic E-state index is 14.8. The minimum atomic E-state index is -2.26. The number of ether oxygens (including phenoxy) is 2. The van der Waals surface area contributed by atoms with Crippen molar-refractivity contribution < 1.29 is 39.2 Å². The molecule has 2 fully saturated rings. The number of allylic oxidation sites excluding steroid dienone is 2. The van der Waals surface area contributed by atoms with E-state index in [9.17, 15) is 29.7 Å². The summed E-state index contributed by atoms with van der Waals surface area (Å²) in [5.74, 6) is -3.08. The Morgan fingerprint density at radius 3 is 2.24 bits per heavy atom. The van der Waals surface area contributed by atoms with Crippen molar-refractivity contribution in [3.8, 4) is 0 Å². The molecule has 8 atom stereocenters. The van der Waals surface area contributed by atoms with Crippen LogP contribution in [0, 0.1) is 28.6 Å². The lowest BCUT2D eigenvalue weighted by Crippen LogP contribution is -2.66. The maximum Gasteiger partial charge on any atom is 0.334 e. The van der Waals surface area contributed by atoms with Gasteiger partial charge in [0.25, 0.3) is 0 Å². The largest absolute Gasteiger partial charge is 0.458 e. The number of aliphatic hydroxyl groups is 3. The van der Waals surface area contributed by atoms with Crippen molar-refractivity contribution >= 4 is 17.7 Å². The third-order valence-electron chi connectivity index (χ3n) is 11.8. The van der Waals surface area contributed by atoms with Crippen LogP contribution in [0.4, 0.5) is 0 Å². The number of ketones is 1. The average molecular weight is 629 g/mol. The molecule has 4 rings (SSSR count). The van der Waals surface area contributed by atoms with Gasteiger partial charge in [-0.25, -0.2) is 4.79 Å². The summed E-state index contributed by atoms with van der Waals surface area (Å²) in [6.07, 6.45) is 12.7. The fourth-order valence-electron chi connectivity index (χ4n) is 9.05. The van der Waals surface area contributed by atoms with Gasteiger partial charge in [0.1, 0.15) is 11.7 Å². The molecule has 1 spiro atoms. The molecule has 4 aliphatic rings. The average Bonchev–Trinajstić information content (AvgIpc) is 3.40. The van der Waals surface area contributed by atoms with Crippen molar-refractivity contribution in [3.05, 3.63) is 34.9 Å². The van der Waals surface area contributed by atoms with Crippen LogP contribution in [0.2, 0.25) is 0 Å². The van der Waals surface area contributed by atoms with Crippen molar-refractivity contribution in [1.29, 1.82) is 0 Å². The predicted molar refractivity (Wildman–Crippen MR) is 172 cm³/mol. The van der Waals surface area contributed by atoms with Gasteiger partial charge in [-0.2, -0.15) is 0 Å². The molecule has 2 bridgehead atoms. The molecule has 4 aliphatic carbocycles. The molecular weight excluding hydrogens is 572 g/mol. The second-order valence-electron chi connectivity index (χ2n) is 14.8. The van der Waals surface area contributed by atoms with Gasteiger partial charge in [0.2, 0.25) is 0 Å². The van der Waals surface area contributed by atoms with Crippen LogP contribution >= 0.6 is 0 Å². The lowest BCUT2D eigenvalue weighted by molar-refractivity contribution is -0.203. The molecule has 252 valence electrons. The molecule has 0 aromatic carbocycles. The fraction of sp³-hybridized carbons (Fsp3) is 0.757. The minimum absolute atomic E-state index is 0.0938. The van der Waals surface area contributed by atoms with E-state index in [-0.39, 0.29) is 17.3 Å². The Bertz CT molecular complexity index is 1240. The summed E-state index contributed by atoms with van der Waals surface area (Å²) in [6.45, 7) is 12.4. The number of carbonyl (C=O) groups is 3. The molecule has 0 heterocycles. The summed E-state index contributed by atoms with van der Waals surface area (Å²) in [6, 6.07) is 0. The van der Waals surface area contributed by atoms with Crippen LogP contribution in [0.1, 0.15) is 119 Å². The van der Waals surface area contributed by atoms with Gasteiger partial charge in [0, 0.05) is 29.2 Å². The van der Waals surface area contributed by atoms with Gasteiger partial charge in [-0.15, -0.1) is 0 Å². The number of hydrogen-bond acceptors (Lipinski definition) is 8. The number of hydrogen-bond donors (Lipinski definition) is 3. The van der Waals surface area contributed by atoms with Crippen LogP contribution in [0.25, 0.3) is 0 Å². The highest BCUT2D eigenvalue weighted by Gasteiger charge is 2.83. The van der Waals surface area contributed by atoms with E-state index in [0.29, 0.717) is 24.0 Å². The molecule has 8 nitrogen and oxygen atoms in total. The topological polar surface area (TPSA) is 130 Å². The summed E-state index contributed by atoms with van der Waals surface area (Å²) in [5.41, 5.74) is -4.52. The first-order valence-corrected chi connectivity index (χ1v) is 17.2. The minimum Gasteiger partial charge on any atom is -0.458 e. The van der Waals surface area contributed by atoms with Gasteiger partial charge in [-0.3, -0.25) is 9.59 Å². The SMILES string of the molecule is C/C=C(\C)C(=O)O[C@H]1C(C)=CC23C(=O)[C@@H](C=C(CO)[C@@H](O)[C@]12O)[C@@H]1C(C)(C)[C@]1(OC(=O)CCCCCCCCCCC)CC3C. The van der Waals surface area contributed by atoms with E-state index < -0.39 is 64.6 Å². The van der Waals surface area contributed by atoms with Crippen molar-refractivity contribution in [3.63, 3.8) is 0 Å². The molecule has 45 heavy (non-hydrogen) atoms. The van der Waals surface area contributed by atoms with E-state index in [4.69, 9.17) is 9.47 Å². The number of rotatable bonds is 14. The number of unbranched alkanes of at least 4 members (excludes halogenated alkanes) is 8. The number of esters is 2. The first-order valence-electron chi connectivity index (χ1n) is 17.2. The van der Waals surface area contributed by atoms with Crippen LogP contribution in [-0.2, 0) is 23.9 Å². The standard InChI is InChI=1S/C37H56O8/c1-8-10-11-12-13-14-15-16-17-18-28(39)45-36-21-25(5)35-20-24(4)32(44-33(42)23(3)9-2)37(35,43)30(40)26(22-38)19-27(31(35)41)29(36)34(36,6)7/h9,19-20,25,27,29-30,32,38,40,43H,8,10-18,21-22H2,1-7H3/b23-9+/t25?,27-,29+,30+,32-,35?,36-,37-/m0/s1. The Hall–Kier alpha value is -2.29. The number of carbonyl (C=O) groups excluding carboxylic acids is 3. The van der Waals surface area contributed by atoms with Crippen molar-refractivity contribution in [2.75, 3.05) is 6.61 Å². The van der Waals surface area contributed by atoms with Gasteiger partial charge < -0.3 is 24.8 Å². The Labute approximate surface area is 269 Å². The van der Waals surface area contributed by atoms with E-state index >= 15 is 0 Å². The first kappa shape index (κ1) is 35.6. The van der Waals surface area contributed by atoms with E-state index in [0.717, 1.165) is 19.3 Å². The van der Waals surface area contributed by atoms with E-state index in [1.54, 1.807) is 39.0 Å². The third kappa shape index (κ3) is 5.67. The molecule has 0 radical (unpaired) electrons. The second-order valence-corrected chi connectivity index (χ2v) is 14.8. The van der Waals surface area contributed by atoms with Gasteiger partial charge in [0.15, 0.2) is 17.5 Å². The highest BCUT2D eigenvalue weighted by Crippen LogP contribution is 2.75. The zero-order valence-electron chi connectivity index (χ0n) is 28.5. The molecule has 0 amide bonds. The Balaban J connectivity index is 1.60. The van der Waals surface area contributed by atoms with E-state index in [1.165, 1.54) is 38.5 Å². The highest BCUT2D eigenvalue weighted by molar-refractivity contribution is 5.96. The van der Waals surface area contributed by atoms with Crippen molar-refractivity contribution in [2.45, 2.75) is 143 Å². The first-order chi connectivity index (χ1) is 21.2. The van der Waals surface area contributed by atoms with Crippen LogP contribution in [0.3, 0.4) is 0 Å². The molecule has 0 aromatic heterocycles. The zero-order chi connectivity index (χ0) is 33.4. The highest BCUT2D eigenvalue weighted by atomic mass is 16.6. The molecule has 2 saturated carbocycles. The lowest BCUT2D eigenvalue weighted by atomic mass is 9.59. The molecule has 3 N–H and O–H groups in total. The van der Waals surface area contributed by atoms with Gasteiger partial charge >= 0.3 is 11.9 Å². The van der Waals surface area contributed by atoms with Gasteiger partial charge in [-0.1, -0.05) is 97.3 Å². The fourth-order valence-corrected chi connectivity index (χ4v) is 9.05. The normalized spacial score (nSPS) is 36.6. The summed E-state index contributed by atoms with van der Waals surface area (Å²) in [5, 5.41) is 34.8. The van der Waals surface area contributed by atoms with Gasteiger partial charge in [0.05, 0.1) is 12.0 Å². The summed E-state index contributed by atoms with van der Waals surface area (Å²) in [7, 11) is 0. The number of Topliss-reactive ketones (excluding diaryl/α,β-unsaturated/α-hetero) is 1. The Morgan fingerprint density at radius 2 is 1.67 bits per heavy atom. The zero-order valence-corrected chi connectivity index (χ0v) is 28.5. The van der Waals surface area contributed by atoms with Crippen LogP contribution < -0.4 is 0 Å². The molecular formula is C37H56O8. The molecule has 0 aromatic rings. The molecule has 2 unspecified atom stereocenters. The van der Waals surface area contributed by atoms with Crippen molar-refractivity contribution in [1.82, 2.24) is 0 Å². The van der Waals surface area contributed by atoms with Crippen LogP contribution in [-0.4, -0.2) is 63.1 Å². The quantitative estimate of drug-likeness (QED) is 0.0936. The van der Waals surface area contributed by atoms with Crippen molar-refractivity contribution in [2.24, 2.45) is 28.6 Å². The van der Waals surface area contributed by atoms with Gasteiger partial charge in [-0.05, 0) is 50.7 Å². The van der Waals surface area contributed by atoms with E-state index in [1.807, 2.05) is 20.8 Å². The second kappa shape index (κ2) is 13.4. The number of fused-ring (bicyclic) bond motifs is 3. The summed E-state index contributed by atoms with van der Waals surface area (Å²) >= 11 is 0. The predicted octanol–water partition coefficient (Wildman–Crippen LogP) is 5.92. The van der Waals surface area contributed by atoms with Crippen LogP contribution in [0.15, 0.2) is 34.9 Å². The number of aliphatic hydroxyl groups excluding tert-OH is 2. The summed E-state index contributed by atoms with van der Waals surface area (Å²) < 4.78 is 12.2. The monoisotopic (exact) mass is 628 g/mol. The molecule has 0 saturated heterocycles. The Kier molecular flexibility index (Phi) is 10.6. The lowest BCUT2D eigenvalue weighted by Gasteiger charge is -2.49. The van der Waals surface area contributed by atoms with Crippen LogP contribution in [0.5, 0.6) is 0 Å². The third-order valence-corrected chi connectivity index (χ3v) is 11.8. The van der Waals surface area contributed by atoms with E-state index in [2.05, 4.69) is 6.92 Å². The Morgan fingerprint density at radius 1 is 1.07 bits per heavy atom. The summed E-state index contributed by atoms with van der Waals surface area (Å²) in [4.78, 5) is 41.1. The smallest absolute Gasteiger partial charge is 0.334 e. The molecule has 8 heteroatoms.